The molecule has 1 amide bonds. The molecule has 0 saturated heterocycles. The van der Waals surface area contributed by atoms with Gasteiger partial charge in [-0.1, -0.05) is 13.8 Å². The van der Waals surface area contributed by atoms with Crippen LogP contribution in [-0.4, -0.2) is 16.0 Å². The average Bonchev–Trinajstić information content (AvgIpc) is 2.95. The fraction of sp³-hybridized carbons (Fsp3) is 0.467. The number of hydrogen-bond donors (Lipinski definition) is 2. The molecular weight excluding hydrogens is 288 g/mol. The number of fused-ring (bicyclic) bond motifs is 1. The van der Waals surface area contributed by atoms with Gasteiger partial charge in [0, 0.05) is 29.1 Å². The highest BCUT2D eigenvalue weighted by atomic mass is 32.1. The van der Waals surface area contributed by atoms with E-state index in [1.165, 1.54) is 11.3 Å². The van der Waals surface area contributed by atoms with E-state index in [1.54, 1.807) is 11.6 Å². The molecule has 3 rings (SSSR count). The first-order valence-corrected chi connectivity index (χ1v) is 7.76. The van der Waals surface area contributed by atoms with E-state index >= 15 is 0 Å². The lowest BCUT2D eigenvalue weighted by Gasteiger charge is -2.31. The fourth-order valence-corrected chi connectivity index (χ4v) is 3.47. The molecule has 0 bridgehead atoms. The van der Waals surface area contributed by atoms with Gasteiger partial charge in [-0.05, 0) is 18.8 Å². The molecule has 0 radical (unpaired) electrons. The molecule has 112 valence electrons. The second-order valence-corrected chi connectivity index (χ2v) is 7.14. The van der Waals surface area contributed by atoms with Crippen LogP contribution in [0.2, 0.25) is 0 Å². The third-order valence-corrected chi connectivity index (χ3v) is 4.54. The number of carbonyl (C=O) groups excluding carboxylic acids is 1. The van der Waals surface area contributed by atoms with Crippen LogP contribution in [0.15, 0.2) is 16.0 Å². The Hall–Kier alpha value is -1.66. The van der Waals surface area contributed by atoms with Gasteiger partial charge >= 0.3 is 0 Å². The summed E-state index contributed by atoms with van der Waals surface area (Å²) in [6.45, 7) is 6.00. The number of anilines is 1. The van der Waals surface area contributed by atoms with Crippen LogP contribution in [0.5, 0.6) is 0 Å². The summed E-state index contributed by atoms with van der Waals surface area (Å²) >= 11 is 1.35. The molecule has 1 aliphatic carbocycles. The van der Waals surface area contributed by atoms with Gasteiger partial charge in [-0.15, -0.1) is 11.3 Å². The molecule has 2 aromatic heterocycles. The maximum atomic E-state index is 12.3. The van der Waals surface area contributed by atoms with Gasteiger partial charge in [0.25, 0.3) is 5.91 Å². The van der Waals surface area contributed by atoms with Crippen molar-refractivity contribution in [1.29, 1.82) is 0 Å². The van der Waals surface area contributed by atoms with Gasteiger partial charge in [-0.2, -0.15) is 0 Å². The molecule has 2 aromatic rings. The lowest BCUT2D eigenvalue weighted by Crippen LogP contribution is -2.24. The Balaban J connectivity index is 1.93. The van der Waals surface area contributed by atoms with Crippen LogP contribution in [0.3, 0.4) is 0 Å². The zero-order valence-corrected chi connectivity index (χ0v) is 13.1. The summed E-state index contributed by atoms with van der Waals surface area (Å²) in [7, 11) is 0. The highest BCUT2D eigenvalue weighted by Crippen LogP contribution is 2.44. The quantitative estimate of drug-likeness (QED) is 0.892. The van der Waals surface area contributed by atoms with Gasteiger partial charge in [-0.25, -0.2) is 4.98 Å². The molecule has 1 aliphatic rings. The van der Waals surface area contributed by atoms with Gasteiger partial charge in [0.1, 0.15) is 5.76 Å². The predicted molar refractivity (Wildman–Crippen MR) is 80.6 cm³/mol. The Morgan fingerprint density at radius 1 is 1.57 bits per heavy atom. The molecule has 0 saturated carbocycles. The molecule has 0 aromatic carbocycles. The summed E-state index contributed by atoms with van der Waals surface area (Å²) in [4.78, 5) is 16.3. The van der Waals surface area contributed by atoms with Crippen molar-refractivity contribution in [2.24, 2.45) is 5.41 Å². The van der Waals surface area contributed by atoms with E-state index in [1.807, 2.05) is 6.92 Å². The van der Waals surface area contributed by atoms with Gasteiger partial charge < -0.3 is 9.52 Å². The zero-order chi connectivity index (χ0) is 15.2. The SMILES string of the molecule is Cc1c(C(=O)Nc2nccs2)oc2c1[C@H](O)CC(C)(C)C2. The Labute approximate surface area is 127 Å². The minimum absolute atomic E-state index is 0.0280. The minimum Gasteiger partial charge on any atom is -0.455 e. The number of carbonyl (C=O) groups is 1. The first kappa shape index (κ1) is 14.3. The van der Waals surface area contributed by atoms with E-state index in [9.17, 15) is 9.90 Å². The van der Waals surface area contributed by atoms with E-state index in [0.717, 1.165) is 23.3 Å². The molecule has 1 atom stereocenters. The number of aliphatic hydroxyl groups excluding tert-OH is 1. The smallest absolute Gasteiger partial charge is 0.293 e. The molecular formula is C15H18N2O3S. The summed E-state index contributed by atoms with van der Waals surface area (Å²) in [5, 5.41) is 15.4. The van der Waals surface area contributed by atoms with E-state index in [-0.39, 0.29) is 17.1 Å². The van der Waals surface area contributed by atoms with Gasteiger partial charge in [0.15, 0.2) is 10.9 Å². The maximum absolute atomic E-state index is 12.3. The fourth-order valence-electron chi connectivity index (χ4n) is 2.94. The topological polar surface area (TPSA) is 75.4 Å². The van der Waals surface area contributed by atoms with Crippen molar-refractivity contribution in [3.63, 3.8) is 0 Å². The number of furan rings is 1. The predicted octanol–water partition coefficient (Wildman–Crippen LogP) is 3.30. The zero-order valence-electron chi connectivity index (χ0n) is 12.3. The largest absolute Gasteiger partial charge is 0.455 e. The average molecular weight is 306 g/mol. The van der Waals surface area contributed by atoms with Crippen molar-refractivity contribution in [3.05, 3.63) is 34.2 Å². The van der Waals surface area contributed by atoms with Gasteiger partial charge in [-0.3, -0.25) is 10.1 Å². The number of hydrogen-bond acceptors (Lipinski definition) is 5. The number of nitrogens with zero attached hydrogens (tertiary/aromatic N) is 1. The van der Waals surface area contributed by atoms with Crippen LogP contribution < -0.4 is 5.32 Å². The van der Waals surface area contributed by atoms with Crippen LogP contribution in [-0.2, 0) is 6.42 Å². The standard InChI is InChI=1S/C15H18N2O3S/c1-8-11-9(18)6-15(2,3)7-10(11)20-12(8)13(19)17-14-16-4-5-21-14/h4-5,9,18H,6-7H2,1-3H3,(H,16,17,19)/t9-/m1/s1. The van der Waals surface area contributed by atoms with Crippen LogP contribution in [0.25, 0.3) is 0 Å². The van der Waals surface area contributed by atoms with Crippen LogP contribution >= 0.6 is 11.3 Å². The molecule has 21 heavy (non-hydrogen) atoms. The maximum Gasteiger partial charge on any atom is 0.293 e. The lowest BCUT2D eigenvalue weighted by molar-refractivity contribution is 0.0910. The molecule has 0 fully saturated rings. The van der Waals surface area contributed by atoms with Crippen LogP contribution in [0.1, 0.15) is 53.8 Å². The third kappa shape index (κ3) is 2.61. The summed E-state index contributed by atoms with van der Waals surface area (Å²) in [6.07, 6.45) is 2.46. The highest BCUT2D eigenvalue weighted by molar-refractivity contribution is 7.13. The van der Waals surface area contributed by atoms with Crippen LogP contribution in [0.4, 0.5) is 5.13 Å². The summed E-state index contributed by atoms with van der Waals surface area (Å²) in [5.74, 6) is 0.675. The van der Waals surface area contributed by atoms with Gasteiger partial charge in [0.2, 0.25) is 0 Å². The molecule has 0 spiro atoms. The van der Waals surface area contributed by atoms with E-state index in [2.05, 4.69) is 24.1 Å². The number of aromatic nitrogens is 1. The van der Waals surface area contributed by atoms with E-state index < -0.39 is 6.10 Å². The Morgan fingerprint density at radius 3 is 3.00 bits per heavy atom. The number of aliphatic hydroxyl groups is 1. The summed E-state index contributed by atoms with van der Waals surface area (Å²) < 4.78 is 5.76. The molecule has 6 heteroatoms. The summed E-state index contributed by atoms with van der Waals surface area (Å²) in [5.41, 5.74) is 1.47. The second-order valence-electron chi connectivity index (χ2n) is 6.25. The van der Waals surface area contributed by atoms with E-state index in [0.29, 0.717) is 11.6 Å². The lowest BCUT2D eigenvalue weighted by atomic mass is 9.75. The molecule has 2 heterocycles. The minimum atomic E-state index is -0.575. The third-order valence-electron chi connectivity index (χ3n) is 3.85. The highest BCUT2D eigenvalue weighted by Gasteiger charge is 2.37. The summed E-state index contributed by atoms with van der Waals surface area (Å²) in [6, 6.07) is 0. The molecule has 2 N–H and O–H groups in total. The van der Waals surface area contributed by atoms with Crippen molar-refractivity contribution in [1.82, 2.24) is 4.98 Å². The first-order chi connectivity index (χ1) is 9.87. The molecule has 5 nitrogen and oxygen atoms in total. The number of nitrogens with one attached hydrogen (secondary N) is 1. The Bertz CT molecular complexity index is 673. The van der Waals surface area contributed by atoms with Crippen molar-refractivity contribution in [3.8, 4) is 0 Å². The van der Waals surface area contributed by atoms with Crippen molar-refractivity contribution >= 4 is 22.4 Å². The van der Waals surface area contributed by atoms with Crippen molar-refractivity contribution < 1.29 is 14.3 Å². The normalized spacial score (nSPS) is 20.1. The van der Waals surface area contributed by atoms with Crippen molar-refractivity contribution in [2.75, 3.05) is 5.32 Å². The Morgan fingerprint density at radius 2 is 2.33 bits per heavy atom. The number of amides is 1. The first-order valence-electron chi connectivity index (χ1n) is 6.88. The molecule has 0 aliphatic heterocycles. The Kier molecular flexibility index (Phi) is 3.37. The van der Waals surface area contributed by atoms with E-state index in [4.69, 9.17) is 4.42 Å². The van der Waals surface area contributed by atoms with Gasteiger partial charge in [0.05, 0.1) is 6.10 Å². The van der Waals surface area contributed by atoms with Crippen LogP contribution in [0, 0.1) is 12.3 Å². The second kappa shape index (κ2) is 4.96. The van der Waals surface area contributed by atoms with Crippen molar-refractivity contribution in [2.45, 2.75) is 39.7 Å². The monoisotopic (exact) mass is 306 g/mol. The number of rotatable bonds is 2. The number of thiazole rings is 1. The molecule has 0 unspecified atom stereocenters.